The quantitative estimate of drug-likeness (QED) is 0.535. The van der Waals surface area contributed by atoms with Crippen LogP contribution in [0, 0.1) is 0 Å². The van der Waals surface area contributed by atoms with E-state index in [0.717, 1.165) is 24.2 Å². The third-order valence-corrected chi connectivity index (χ3v) is 4.50. The molecule has 0 radical (unpaired) electrons. The molecule has 0 bridgehead atoms. The molecular weight excluding hydrogens is 374 g/mol. The number of amides is 1. The predicted octanol–water partition coefficient (Wildman–Crippen LogP) is 4.85. The number of carbonyl (C=O) groups excluding carboxylic acids is 1. The molecule has 0 aliphatic heterocycles. The number of methoxy groups -OCH3 is 1. The van der Waals surface area contributed by atoms with Crippen LogP contribution in [0.3, 0.4) is 0 Å². The number of aromatic nitrogens is 1. The average molecular weight is 396 g/mol. The molecule has 0 spiro atoms. The van der Waals surface area contributed by atoms with Crippen LogP contribution in [0.4, 0.5) is 11.4 Å². The van der Waals surface area contributed by atoms with Crippen LogP contribution in [0.5, 0.6) is 5.75 Å². The minimum Gasteiger partial charge on any atom is -0.495 e. The molecule has 0 fully saturated rings. The zero-order valence-corrected chi connectivity index (χ0v) is 16.4. The zero-order chi connectivity index (χ0) is 19.8. The number of hydrogen-bond donors (Lipinski definition) is 2. The van der Waals surface area contributed by atoms with Gasteiger partial charge in [-0.3, -0.25) is 4.79 Å². The maximum Gasteiger partial charge on any atom is 0.269 e. The van der Waals surface area contributed by atoms with E-state index in [0.29, 0.717) is 23.0 Å². The lowest BCUT2D eigenvalue weighted by Gasteiger charge is -2.09. The Morgan fingerprint density at radius 3 is 2.54 bits per heavy atom. The Hall–Kier alpha value is -3.05. The summed E-state index contributed by atoms with van der Waals surface area (Å²) in [6, 6.07) is 19.1. The molecule has 0 unspecified atom stereocenters. The van der Waals surface area contributed by atoms with Crippen molar-refractivity contribution in [2.45, 2.75) is 12.8 Å². The first-order valence-corrected chi connectivity index (χ1v) is 9.42. The molecule has 2 aromatic carbocycles. The molecule has 6 heteroatoms. The Balaban J connectivity index is 1.49. The highest BCUT2D eigenvalue weighted by Gasteiger charge is 2.07. The van der Waals surface area contributed by atoms with Crippen LogP contribution in [0.2, 0.25) is 5.02 Å². The van der Waals surface area contributed by atoms with Crippen LogP contribution in [0.25, 0.3) is 0 Å². The molecule has 5 nitrogen and oxygen atoms in total. The molecule has 144 valence electrons. The van der Waals surface area contributed by atoms with E-state index in [1.54, 1.807) is 31.5 Å². The minimum atomic E-state index is -0.174. The fraction of sp³-hybridized carbons (Fsp3) is 0.182. The number of carbonyl (C=O) groups is 1. The third-order valence-electron chi connectivity index (χ3n) is 4.21. The van der Waals surface area contributed by atoms with E-state index in [1.807, 2.05) is 30.3 Å². The first-order chi connectivity index (χ1) is 13.7. The lowest BCUT2D eigenvalue weighted by atomic mass is 10.1. The molecule has 3 aromatic rings. The maximum atomic E-state index is 12.2. The van der Waals surface area contributed by atoms with E-state index < -0.39 is 0 Å². The van der Waals surface area contributed by atoms with Crippen LogP contribution in [0.15, 0.2) is 66.9 Å². The highest BCUT2D eigenvalue weighted by atomic mass is 35.5. The van der Waals surface area contributed by atoms with Gasteiger partial charge in [0.2, 0.25) is 0 Å². The molecule has 0 saturated heterocycles. The standard InChI is InChI=1S/C22H22ClN3O2/c1-28-21-12-10-17(14-19(21)23)26-18-9-11-20(25-15-18)22(27)24-13-5-8-16-6-3-2-4-7-16/h2-4,6-7,9-12,14-15,26H,5,8,13H2,1H3,(H,24,27). The molecule has 3 rings (SSSR count). The second-order valence-corrected chi connectivity index (χ2v) is 6.66. The van der Waals surface area contributed by atoms with E-state index in [1.165, 1.54) is 5.56 Å². The summed E-state index contributed by atoms with van der Waals surface area (Å²) in [6.45, 7) is 0.611. The largest absolute Gasteiger partial charge is 0.495 e. The van der Waals surface area contributed by atoms with Crippen molar-refractivity contribution in [1.82, 2.24) is 10.3 Å². The number of ether oxygens (including phenoxy) is 1. The van der Waals surface area contributed by atoms with Gasteiger partial charge < -0.3 is 15.4 Å². The molecule has 0 saturated carbocycles. The summed E-state index contributed by atoms with van der Waals surface area (Å²) in [5.74, 6) is 0.441. The highest BCUT2D eigenvalue weighted by molar-refractivity contribution is 6.32. The minimum absolute atomic E-state index is 0.174. The van der Waals surface area contributed by atoms with Crippen LogP contribution in [0.1, 0.15) is 22.5 Å². The smallest absolute Gasteiger partial charge is 0.269 e. The molecule has 2 N–H and O–H groups in total. The van der Waals surface area contributed by atoms with Gasteiger partial charge in [0.25, 0.3) is 5.91 Å². The SMILES string of the molecule is COc1ccc(Nc2ccc(C(=O)NCCCc3ccccc3)nc2)cc1Cl. The number of pyridine rings is 1. The molecule has 1 heterocycles. The first-order valence-electron chi connectivity index (χ1n) is 9.04. The van der Waals surface area contributed by atoms with Crippen molar-refractivity contribution < 1.29 is 9.53 Å². The summed E-state index contributed by atoms with van der Waals surface area (Å²) in [4.78, 5) is 16.5. The summed E-state index contributed by atoms with van der Waals surface area (Å²) in [6.07, 6.45) is 3.44. The summed E-state index contributed by atoms with van der Waals surface area (Å²) in [5, 5.41) is 6.62. The van der Waals surface area contributed by atoms with Crippen molar-refractivity contribution in [3.8, 4) is 5.75 Å². The number of anilines is 2. The number of nitrogens with zero attached hydrogens (tertiary/aromatic N) is 1. The monoisotopic (exact) mass is 395 g/mol. The van der Waals surface area contributed by atoms with Crippen LogP contribution in [-0.4, -0.2) is 24.5 Å². The normalized spacial score (nSPS) is 10.4. The number of benzene rings is 2. The molecule has 1 amide bonds. The van der Waals surface area contributed by atoms with Gasteiger partial charge in [-0.1, -0.05) is 41.9 Å². The van der Waals surface area contributed by atoms with Crippen LogP contribution >= 0.6 is 11.6 Å². The lowest BCUT2D eigenvalue weighted by Crippen LogP contribution is -2.25. The molecule has 1 aromatic heterocycles. The van der Waals surface area contributed by atoms with Crippen molar-refractivity contribution in [3.63, 3.8) is 0 Å². The van der Waals surface area contributed by atoms with Gasteiger partial charge in [-0.05, 0) is 48.7 Å². The molecule has 0 aliphatic carbocycles. The Morgan fingerprint density at radius 1 is 1.07 bits per heavy atom. The van der Waals surface area contributed by atoms with Gasteiger partial charge in [0.05, 0.1) is 24.0 Å². The predicted molar refractivity (Wildman–Crippen MR) is 113 cm³/mol. The number of halogens is 1. The van der Waals surface area contributed by atoms with Crippen molar-refractivity contribution in [1.29, 1.82) is 0 Å². The lowest BCUT2D eigenvalue weighted by molar-refractivity contribution is 0.0948. The highest BCUT2D eigenvalue weighted by Crippen LogP contribution is 2.28. The van der Waals surface area contributed by atoms with Gasteiger partial charge in [0.15, 0.2) is 0 Å². The second kappa shape index (κ2) is 9.76. The topological polar surface area (TPSA) is 63.2 Å². The molecule has 0 atom stereocenters. The van der Waals surface area contributed by atoms with Crippen LogP contribution in [-0.2, 0) is 6.42 Å². The van der Waals surface area contributed by atoms with Crippen molar-refractivity contribution >= 4 is 28.9 Å². The fourth-order valence-corrected chi connectivity index (χ4v) is 3.00. The van der Waals surface area contributed by atoms with E-state index >= 15 is 0 Å². The first kappa shape index (κ1) is 19.7. The average Bonchev–Trinajstić information content (AvgIpc) is 2.72. The van der Waals surface area contributed by atoms with Gasteiger partial charge >= 0.3 is 0 Å². The Bertz CT molecular complexity index is 915. The fourth-order valence-electron chi connectivity index (χ4n) is 2.74. The van der Waals surface area contributed by atoms with Crippen molar-refractivity contribution in [2.75, 3.05) is 19.0 Å². The number of rotatable bonds is 8. The molecular formula is C22H22ClN3O2. The number of aryl methyl sites for hydroxylation is 1. The Labute approximate surface area is 169 Å². The number of hydrogen-bond acceptors (Lipinski definition) is 4. The maximum absolute atomic E-state index is 12.2. The third kappa shape index (κ3) is 5.47. The van der Waals surface area contributed by atoms with E-state index in [9.17, 15) is 4.79 Å². The van der Waals surface area contributed by atoms with E-state index in [-0.39, 0.29) is 5.91 Å². The summed E-state index contributed by atoms with van der Waals surface area (Å²) in [5.41, 5.74) is 3.23. The van der Waals surface area contributed by atoms with Gasteiger partial charge in [-0.25, -0.2) is 4.98 Å². The van der Waals surface area contributed by atoms with Crippen molar-refractivity contribution in [2.24, 2.45) is 0 Å². The van der Waals surface area contributed by atoms with Gasteiger partial charge in [0.1, 0.15) is 11.4 Å². The zero-order valence-electron chi connectivity index (χ0n) is 15.6. The van der Waals surface area contributed by atoms with E-state index in [2.05, 4.69) is 27.8 Å². The summed E-state index contributed by atoms with van der Waals surface area (Å²) in [7, 11) is 1.57. The second-order valence-electron chi connectivity index (χ2n) is 6.25. The van der Waals surface area contributed by atoms with Gasteiger partial charge in [0, 0.05) is 12.2 Å². The molecule has 28 heavy (non-hydrogen) atoms. The molecule has 0 aliphatic rings. The Morgan fingerprint density at radius 2 is 1.86 bits per heavy atom. The summed E-state index contributed by atoms with van der Waals surface area (Å²) < 4.78 is 5.14. The number of nitrogens with one attached hydrogen (secondary N) is 2. The van der Waals surface area contributed by atoms with E-state index in [4.69, 9.17) is 16.3 Å². The van der Waals surface area contributed by atoms with Gasteiger partial charge in [-0.15, -0.1) is 0 Å². The van der Waals surface area contributed by atoms with Crippen LogP contribution < -0.4 is 15.4 Å². The Kier molecular flexibility index (Phi) is 6.87. The van der Waals surface area contributed by atoms with Crippen molar-refractivity contribution in [3.05, 3.63) is 83.1 Å². The van der Waals surface area contributed by atoms with Gasteiger partial charge in [-0.2, -0.15) is 0 Å². The summed E-state index contributed by atoms with van der Waals surface area (Å²) >= 11 is 6.13.